The molecule has 0 bridgehead atoms. The Morgan fingerprint density at radius 1 is 1.43 bits per heavy atom. The Kier molecular flexibility index (Phi) is 6.81. The molecule has 2 heterocycles. The third-order valence-electron chi connectivity index (χ3n) is 5.88. The Morgan fingerprint density at radius 3 is 2.87 bits per heavy atom. The molecule has 1 fully saturated rings. The smallest absolute Gasteiger partial charge is 0.233 e. The Bertz CT molecular complexity index is 886. The minimum atomic E-state index is -0.433. The lowest BCUT2D eigenvalue weighted by Gasteiger charge is -2.28. The first-order valence-electron chi connectivity index (χ1n) is 10.9. The minimum absolute atomic E-state index is 0.00799. The molecule has 0 unspecified atom stereocenters. The lowest BCUT2D eigenvalue weighted by molar-refractivity contribution is -0.157. The minimum Gasteiger partial charge on any atom is -0.438 e. The first-order valence-corrected chi connectivity index (χ1v) is 10.9. The van der Waals surface area contributed by atoms with Gasteiger partial charge in [0.1, 0.15) is 11.6 Å². The van der Waals surface area contributed by atoms with Gasteiger partial charge >= 0.3 is 0 Å². The molecule has 7 nitrogen and oxygen atoms in total. The fraction of sp³-hybridized carbons (Fsp3) is 0.609. The summed E-state index contributed by atoms with van der Waals surface area (Å²) < 4.78 is 6.04. The van der Waals surface area contributed by atoms with Crippen molar-refractivity contribution in [2.45, 2.75) is 71.3 Å². The number of rotatable bonds is 8. The molecular formula is C23H33N3O4. The number of hydrogen-bond acceptors (Lipinski definition) is 5. The van der Waals surface area contributed by atoms with Crippen LogP contribution in [0.3, 0.4) is 0 Å². The summed E-state index contributed by atoms with van der Waals surface area (Å²) >= 11 is 0. The summed E-state index contributed by atoms with van der Waals surface area (Å²) in [7, 11) is 0. The number of likely N-dealkylation sites (tertiary alicyclic amines) is 1. The van der Waals surface area contributed by atoms with Crippen molar-refractivity contribution < 1.29 is 19.2 Å². The molecule has 7 heteroatoms. The zero-order valence-electron chi connectivity index (χ0n) is 18.4. The summed E-state index contributed by atoms with van der Waals surface area (Å²) in [6.45, 7) is 9.17. The molecular weight excluding hydrogens is 382 g/mol. The molecule has 0 spiro atoms. The average Bonchev–Trinajstić information content (AvgIpc) is 3.35. The molecule has 2 aromatic rings. The summed E-state index contributed by atoms with van der Waals surface area (Å²) in [5, 5.41) is 10.2. The van der Waals surface area contributed by atoms with E-state index in [2.05, 4.69) is 39.8 Å². The predicted octanol–water partition coefficient (Wildman–Crippen LogP) is 4.44. The zero-order chi connectivity index (χ0) is 21.9. The highest BCUT2D eigenvalue weighted by Gasteiger charge is 2.37. The first kappa shape index (κ1) is 22.3. The van der Waals surface area contributed by atoms with Crippen molar-refractivity contribution in [1.82, 2.24) is 14.9 Å². The van der Waals surface area contributed by atoms with E-state index < -0.39 is 5.92 Å². The van der Waals surface area contributed by atoms with Crippen LogP contribution < -0.4 is 0 Å². The average molecular weight is 416 g/mol. The van der Waals surface area contributed by atoms with Crippen molar-refractivity contribution in [3.8, 4) is 0 Å². The van der Waals surface area contributed by atoms with E-state index in [-0.39, 0.29) is 23.9 Å². The van der Waals surface area contributed by atoms with Crippen molar-refractivity contribution in [3.05, 3.63) is 29.7 Å². The van der Waals surface area contributed by atoms with Crippen molar-refractivity contribution in [3.63, 3.8) is 0 Å². The summed E-state index contributed by atoms with van der Waals surface area (Å²) in [6.07, 6.45) is 4.45. The van der Waals surface area contributed by atoms with E-state index in [4.69, 9.17) is 9.40 Å². The van der Waals surface area contributed by atoms with Crippen LogP contribution in [0.25, 0.3) is 11.1 Å². The van der Waals surface area contributed by atoms with Crippen molar-refractivity contribution in [2.75, 3.05) is 13.1 Å². The van der Waals surface area contributed by atoms with Crippen LogP contribution in [0, 0.1) is 5.92 Å². The van der Waals surface area contributed by atoms with Gasteiger partial charge in [-0.25, -0.2) is 10.0 Å². The molecule has 1 aliphatic rings. The van der Waals surface area contributed by atoms with Crippen LogP contribution in [0.4, 0.5) is 0 Å². The number of unbranched alkanes of at least 4 members (excludes halogenated alkanes) is 1. The van der Waals surface area contributed by atoms with Gasteiger partial charge in [0.15, 0.2) is 5.58 Å². The third-order valence-corrected chi connectivity index (χ3v) is 5.88. The molecule has 0 saturated carbocycles. The summed E-state index contributed by atoms with van der Waals surface area (Å²) in [5.74, 6) is 0.0782. The molecule has 1 aromatic heterocycles. The number of carbonyl (C=O) groups excluding carboxylic acids is 2. The van der Waals surface area contributed by atoms with Gasteiger partial charge in [0.2, 0.25) is 18.2 Å². The normalized spacial score (nSPS) is 18.0. The summed E-state index contributed by atoms with van der Waals surface area (Å²) in [5.41, 5.74) is 2.74. The van der Waals surface area contributed by atoms with Crippen LogP contribution in [0.1, 0.15) is 77.3 Å². The van der Waals surface area contributed by atoms with Gasteiger partial charge in [-0.15, -0.1) is 0 Å². The van der Waals surface area contributed by atoms with E-state index in [1.165, 1.54) is 5.56 Å². The van der Waals surface area contributed by atoms with Gasteiger partial charge in [0.25, 0.3) is 0 Å². The van der Waals surface area contributed by atoms with Gasteiger partial charge in [-0.2, -0.15) is 0 Å². The molecule has 164 valence electrons. The molecule has 1 aliphatic heterocycles. The standard InChI is InChI=1S/C23H33N3O4/c1-5-6-8-16(14-25(29)15-27)22(28)26-12-7-9-19(26)21-24-18-13-17(23(2,3)4)10-11-20(18)30-21/h10-11,13,15-16,19,29H,5-9,12,14H2,1-4H3/t16-,19-/m0/s1. The maximum Gasteiger partial charge on any atom is 0.233 e. The summed E-state index contributed by atoms with van der Waals surface area (Å²) in [6, 6.07) is 5.85. The van der Waals surface area contributed by atoms with Crippen LogP contribution in [0.5, 0.6) is 0 Å². The molecule has 1 saturated heterocycles. The molecule has 1 N–H and O–H groups in total. The Morgan fingerprint density at radius 2 is 2.20 bits per heavy atom. The van der Waals surface area contributed by atoms with E-state index in [1.54, 1.807) is 0 Å². The number of fused-ring (bicyclic) bond motifs is 1. The predicted molar refractivity (Wildman–Crippen MR) is 114 cm³/mol. The molecule has 0 radical (unpaired) electrons. The van der Waals surface area contributed by atoms with Crippen molar-refractivity contribution >= 4 is 23.4 Å². The molecule has 1 aromatic carbocycles. The summed E-state index contributed by atoms with van der Waals surface area (Å²) in [4.78, 5) is 30.7. The van der Waals surface area contributed by atoms with E-state index >= 15 is 0 Å². The number of nitrogens with zero attached hydrogens (tertiary/aromatic N) is 3. The van der Waals surface area contributed by atoms with Gasteiger partial charge in [-0.05, 0) is 42.4 Å². The Hall–Kier alpha value is -2.41. The van der Waals surface area contributed by atoms with Gasteiger partial charge < -0.3 is 9.32 Å². The lowest BCUT2D eigenvalue weighted by Crippen LogP contribution is -2.40. The number of carbonyl (C=O) groups is 2. The maximum atomic E-state index is 13.3. The van der Waals surface area contributed by atoms with Gasteiger partial charge in [-0.1, -0.05) is 46.6 Å². The van der Waals surface area contributed by atoms with E-state index in [0.29, 0.717) is 30.3 Å². The molecule has 0 aliphatic carbocycles. The van der Waals surface area contributed by atoms with Crippen LogP contribution in [0.15, 0.2) is 22.6 Å². The van der Waals surface area contributed by atoms with E-state index in [1.807, 2.05) is 11.0 Å². The number of oxazole rings is 1. The topological polar surface area (TPSA) is 86.9 Å². The molecule has 2 atom stereocenters. The van der Waals surface area contributed by atoms with Gasteiger partial charge in [0, 0.05) is 6.54 Å². The number of aromatic nitrogens is 1. The zero-order valence-corrected chi connectivity index (χ0v) is 18.4. The highest BCUT2D eigenvalue weighted by molar-refractivity contribution is 5.80. The maximum absolute atomic E-state index is 13.3. The second-order valence-electron chi connectivity index (χ2n) is 9.24. The second kappa shape index (κ2) is 9.16. The highest BCUT2D eigenvalue weighted by Crippen LogP contribution is 2.35. The Balaban J connectivity index is 1.84. The van der Waals surface area contributed by atoms with Crippen LogP contribution in [0.2, 0.25) is 0 Å². The van der Waals surface area contributed by atoms with Crippen molar-refractivity contribution in [2.24, 2.45) is 5.92 Å². The van der Waals surface area contributed by atoms with E-state index in [9.17, 15) is 14.8 Å². The van der Waals surface area contributed by atoms with Crippen LogP contribution >= 0.6 is 0 Å². The fourth-order valence-corrected chi connectivity index (χ4v) is 4.09. The Labute approximate surface area is 178 Å². The number of benzene rings is 1. The third kappa shape index (κ3) is 4.83. The van der Waals surface area contributed by atoms with Crippen molar-refractivity contribution in [1.29, 1.82) is 0 Å². The van der Waals surface area contributed by atoms with Gasteiger partial charge in [0.05, 0.1) is 12.5 Å². The van der Waals surface area contributed by atoms with Gasteiger partial charge in [-0.3, -0.25) is 14.8 Å². The number of hydrogen-bond donors (Lipinski definition) is 1. The highest BCUT2D eigenvalue weighted by atomic mass is 16.5. The second-order valence-corrected chi connectivity index (χ2v) is 9.24. The SMILES string of the molecule is CCCC[C@@H](CN(O)C=O)C(=O)N1CCC[C@H]1c1nc2cc(C(C)(C)C)ccc2o1. The quantitative estimate of drug-likeness (QED) is 0.391. The monoisotopic (exact) mass is 415 g/mol. The van der Waals surface area contributed by atoms with Crippen LogP contribution in [-0.4, -0.2) is 45.6 Å². The largest absolute Gasteiger partial charge is 0.438 e. The lowest BCUT2D eigenvalue weighted by atomic mass is 9.87. The van der Waals surface area contributed by atoms with E-state index in [0.717, 1.165) is 36.8 Å². The first-order chi connectivity index (χ1) is 14.2. The van der Waals surface area contributed by atoms with Crippen LogP contribution in [-0.2, 0) is 15.0 Å². The molecule has 3 rings (SSSR count). The number of amides is 2. The number of hydroxylamine groups is 2. The fourth-order valence-electron chi connectivity index (χ4n) is 4.09. The molecule has 2 amide bonds. The molecule has 30 heavy (non-hydrogen) atoms.